The van der Waals surface area contributed by atoms with Crippen LogP contribution in [0.5, 0.6) is 5.75 Å². The van der Waals surface area contributed by atoms with Gasteiger partial charge in [0.15, 0.2) is 0 Å². The van der Waals surface area contributed by atoms with Crippen molar-refractivity contribution in [3.05, 3.63) is 82.2 Å². The van der Waals surface area contributed by atoms with Crippen LogP contribution in [0.25, 0.3) is 10.9 Å². The Morgan fingerprint density at radius 2 is 1.94 bits per heavy atom. The molecule has 5 rings (SSSR count). The predicted octanol–water partition coefficient (Wildman–Crippen LogP) is 5.36. The van der Waals surface area contributed by atoms with E-state index in [0.29, 0.717) is 17.4 Å². The number of piperidine rings is 1. The zero-order valence-electron chi connectivity index (χ0n) is 16.9. The van der Waals surface area contributed by atoms with E-state index in [-0.39, 0.29) is 18.3 Å². The molecule has 7 heteroatoms. The molecule has 0 bridgehead atoms. The van der Waals surface area contributed by atoms with E-state index in [9.17, 15) is 9.18 Å². The van der Waals surface area contributed by atoms with Crippen LogP contribution in [0, 0.1) is 5.82 Å². The number of thiazole rings is 1. The van der Waals surface area contributed by atoms with Gasteiger partial charge in [0, 0.05) is 35.6 Å². The van der Waals surface area contributed by atoms with Crippen LogP contribution in [0.3, 0.4) is 0 Å². The Morgan fingerprint density at radius 1 is 1.16 bits per heavy atom. The van der Waals surface area contributed by atoms with E-state index in [1.807, 2.05) is 11.0 Å². The summed E-state index contributed by atoms with van der Waals surface area (Å²) in [6.07, 6.45) is 4.00. The van der Waals surface area contributed by atoms with Gasteiger partial charge in [0.05, 0.1) is 0 Å². The van der Waals surface area contributed by atoms with Crippen molar-refractivity contribution in [3.63, 3.8) is 0 Å². The van der Waals surface area contributed by atoms with Crippen LogP contribution in [0.4, 0.5) is 4.39 Å². The molecule has 1 N–H and O–H groups in total. The lowest BCUT2D eigenvalue weighted by atomic mass is 9.89. The fraction of sp³-hybridized carbons (Fsp3) is 0.250. The number of likely N-dealkylation sites (tertiary alicyclic amines) is 1. The molecule has 0 saturated carbocycles. The number of amides is 1. The Balaban J connectivity index is 1.18. The topological polar surface area (TPSA) is 58.2 Å². The monoisotopic (exact) mass is 435 g/mol. The third-order valence-electron chi connectivity index (χ3n) is 5.79. The van der Waals surface area contributed by atoms with Crippen LogP contribution in [0.1, 0.15) is 39.8 Å². The molecule has 31 heavy (non-hydrogen) atoms. The number of carbonyl (C=O) groups is 1. The van der Waals surface area contributed by atoms with Crippen molar-refractivity contribution in [2.45, 2.75) is 25.4 Å². The number of nitrogens with zero attached hydrogens (tertiary/aromatic N) is 2. The second-order valence-corrected chi connectivity index (χ2v) is 8.67. The zero-order valence-corrected chi connectivity index (χ0v) is 17.7. The van der Waals surface area contributed by atoms with Crippen molar-refractivity contribution < 1.29 is 13.9 Å². The first-order valence-electron chi connectivity index (χ1n) is 10.4. The molecule has 1 saturated heterocycles. The molecule has 2 aromatic carbocycles. The molecule has 0 aliphatic carbocycles. The van der Waals surface area contributed by atoms with E-state index in [4.69, 9.17) is 4.74 Å². The van der Waals surface area contributed by atoms with Crippen LogP contribution >= 0.6 is 11.3 Å². The van der Waals surface area contributed by atoms with Gasteiger partial charge in [0.1, 0.15) is 28.9 Å². The van der Waals surface area contributed by atoms with Crippen LogP contribution in [-0.4, -0.2) is 33.9 Å². The number of ether oxygens (including phenoxy) is 1. The number of nitrogens with one attached hydrogen (secondary N) is 1. The van der Waals surface area contributed by atoms with Gasteiger partial charge in [-0.3, -0.25) is 4.79 Å². The molecule has 1 fully saturated rings. The van der Waals surface area contributed by atoms with Gasteiger partial charge < -0.3 is 14.6 Å². The van der Waals surface area contributed by atoms with Gasteiger partial charge >= 0.3 is 0 Å². The predicted molar refractivity (Wildman–Crippen MR) is 119 cm³/mol. The molecule has 0 atom stereocenters. The summed E-state index contributed by atoms with van der Waals surface area (Å²) in [5.41, 5.74) is 2.97. The highest BCUT2D eigenvalue weighted by Crippen LogP contribution is 2.33. The van der Waals surface area contributed by atoms with Gasteiger partial charge in [-0.25, -0.2) is 9.37 Å². The fourth-order valence-electron chi connectivity index (χ4n) is 4.14. The van der Waals surface area contributed by atoms with Crippen molar-refractivity contribution in [3.8, 4) is 5.75 Å². The lowest BCUT2D eigenvalue weighted by Gasteiger charge is -2.31. The number of fused-ring (bicyclic) bond motifs is 1. The van der Waals surface area contributed by atoms with E-state index in [2.05, 4.69) is 34.4 Å². The number of para-hydroxylation sites is 1. The highest BCUT2D eigenvalue weighted by atomic mass is 32.1. The number of hydrogen-bond acceptors (Lipinski definition) is 4. The summed E-state index contributed by atoms with van der Waals surface area (Å²) in [5.74, 6) is 0.698. The Morgan fingerprint density at radius 3 is 2.74 bits per heavy atom. The molecule has 2 aromatic heterocycles. The maximum absolute atomic E-state index is 13.0. The normalized spacial score (nSPS) is 14.8. The van der Waals surface area contributed by atoms with Gasteiger partial charge in [0.25, 0.3) is 5.91 Å². The molecule has 1 aliphatic rings. The van der Waals surface area contributed by atoms with Gasteiger partial charge in [-0.15, -0.1) is 11.3 Å². The number of halogens is 1. The van der Waals surface area contributed by atoms with Crippen molar-refractivity contribution in [1.29, 1.82) is 0 Å². The Hall–Kier alpha value is -3.19. The molecule has 3 heterocycles. The molecular weight excluding hydrogens is 413 g/mol. The first-order chi connectivity index (χ1) is 15.2. The Kier molecular flexibility index (Phi) is 5.42. The summed E-state index contributed by atoms with van der Waals surface area (Å²) in [6, 6.07) is 14.2. The minimum atomic E-state index is -0.303. The number of aromatic amines is 1. The average Bonchev–Trinajstić information content (AvgIpc) is 3.46. The quantitative estimate of drug-likeness (QED) is 0.459. The third-order valence-corrected chi connectivity index (χ3v) is 6.61. The highest BCUT2D eigenvalue weighted by molar-refractivity contribution is 7.09. The van der Waals surface area contributed by atoms with Crippen LogP contribution < -0.4 is 4.74 Å². The molecule has 1 amide bonds. The van der Waals surface area contributed by atoms with Crippen LogP contribution in [0.2, 0.25) is 0 Å². The van der Waals surface area contributed by atoms with E-state index >= 15 is 0 Å². The average molecular weight is 436 g/mol. The Labute approximate surface area is 183 Å². The lowest BCUT2D eigenvalue weighted by Crippen LogP contribution is -2.38. The van der Waals surface area contributed by atoms with Gasteiger partial charge in [-0.1, -0.05) is 18.2 Å². The number of H-pyrrole nitrogens is 1. The SMILES string of the molecule is O=C(c1csc(COc2ccc(F)cc2)n1)N1CCC(c2c[nH]c3ccccc23)CC1. The summed E-state index contributed by atoms with van der Waals surface area (Å²) in [6.45, 7) is 1.70. The van der Waals surface area contributed by atoms with E-state index in [1.165, 1.54) is 34.4 Å². The smallest absolute Gasteiger partial charge is 0.273 e. The summed E-state index contributed by atoms with van der Waals surface area (Å²) >= 11 is 1.40. The van der Waals surface area contributed by atoms with Crippen molar-refractivity contribution in [2.24, 2.45) is 0 Å². The summed E-state index contributed by atoms with van der Waals surface area (Å²) in [4.78, 5) is 22.6. The number of carbonyl (C=O) groups excluding carboxylic acids is 1. The molecule has 158 valence electrons. The minimum absolute atomic E-state index is 0.0262. The van der Waals surface area contributed by atoms with E-state index in [0.717, 1.165) is 36.5 Å². The fourth-order valence-corrected chi connectivity index (χ4v) is 4.82. The lowest BCUT2D eigenvalue weighted by molar-refractivity contribution is 0.0708. The second-order valence-electron chi connectivity index (χ2n) is 7.73. The largest absolute Gasteiger partial charge is 0.486 e. The molecule has 1 aliphatic heterocycles. The van der Waals surface area contributed by atoms with Crippen LogP contribution in [0.15, 0.2) is 60.1 Å². The Bertz CT molecular complexity index is 1190. The maximum atomic E-state index is 13.0. The minimum Gasteiger partial charge on any atom is -0.486 e. The molecular formula is C24H22FN3O2S. The first-order valence-corrected chi connectivity index (χ1v) is 11.2. The third kappa shape index (κ3) is 4.18. The summed E-state index contributed by atoms with van der Waals surface area (Å²) < 4.78 is 18.6. The second kappa shape index (κ2) is 8.51. The van der Waals surface area contributed by atoms with Gasteiger partial charge in [-0.05, 0) is 54.7 Å². The zero-order chi connectivity index (χ0) is 21.2. The van der Waals surface area contributed by atoms with Crippen LogP contribution in [-0.2, 0) is 6.61 Å². The van der Waals surface area contributed by atoms with E-state index < -0.39 is 0 Å². The molecule has 0 unspecified atom stereocenters. The van der Waals surface area contributed by atoms with Gasteiger partial charge in [-0.2, -0.15) is 0 Å². The summed E-state index contributed by atoms with van der Waals surface area (Å²) in [7, 11) is 0. The molecule has 0 spiro atoms. The van der Waals surface area contributed by atoms with Crippen molar-refractivity contribution >= 4 is 28.1 Å². The van der Waals surface area contributed by atoms with E-state index in [1.54, 1.807) is 17.5 Å². The highest BCUT2D eigenvalue weighted by Gasteiger charge is 2.27. The van der Waals surface area contributed by atoms with Gasteiger partial charge in [0.2, 0.25) is 0 Å². The number of aromatic nitrogens is 2. The van der Waals surface area contributed by atoms with Crippen molar-refractivity contribution in [2.75, 3.05) is 13.1 Å². The summed E-state index contributed by atoms with van der Waals surface area (Å²) in [5, 5.41) is 3.79. The maximum Gasteiger partial charge on any atom is 0.273 e. The molecule has 4 aromatic rings. The molecule has 0 radical (unpaired) electrons. The standard InChI is InChI=1S/C24H22FN3O2S/c25-17-5-7-18(8-6-17)30-14-23-27-22(15-31-23)24(29)28-11-9-16(10-12-28)20-13-26-21-4-2-1-3-19(20)21/h1-8,13,15-16,26H,9-12,14H2. The number of benzene rings is 2. The number of hydrogen-bond donors (Lipinski definition) is 1. The van der Waals surface area contributed by atoms with Crippen molar-refractivity contribution in [1.82, 2.24) is 14.9 Å². The number of rotatable bonds is 5. The first kappa shape index (κ1) is 19.8. The molecule has 5 nitrogen and oxygen atoms in total.